The van der Waals surface area contributed by atoms with Crippen LogP contribution in [0, 0.1) is 6.92 Å². The zero-order valence-corrected chi connectivity index (χ0v) is 19.8. The first-order chi connectivity index (χ1) is 15.9. The van der Waals surface area contributed by atoms with E-state index in [0.29, 0.717) is 5.30 Å². The Hall–Kier alpha value is -3.34. The third-order valence-electron chi connectivity index (χ3n) is 5.09. The molecule has 1 atom stereocenters. The Balaban J connectivity index is 1.69. The van der Waals surface area contributed by atoms with Crippen LogP contribution in [0.1, 0.15) is 11.1 Å². The summed E-state index contributed by atoms with van der Waals surface area (Å²) >= 11 is 0. The number of benzene rings is 4. The molecular formula is C26H24NO4PS. The molecule has 0 radical (unpaired) electrons. The second-order valence-corrected chi connectivity index (χ2v) is 11.7. The van der Waals surface area contributed by atoms with E-state index in [9.17, 15) is 13.0 Å². The molecule has 1 N–H and O–H groups in total. The van der Waals surface area contributed by atoms with Gasteiger partial charge in [-0.2, -0.15) is 0 Å². The standard InChI is InChI=1S/C26H24NO4PS/c1-21-16-18-24(19-17-21)33(29,30)27-25-14-8-9-15-26(25)31-32(28,23-12-6-3-7-13-23)20-22-10-4-2-5-11-22/h2-19,27H,20H2,1H3. The van der Waals surface area contributed by atoms with E-state index < -0.39 is 17.4 Å². The molecule has 0 aliphatic carbocycles. The molecule has 168 valence electrons. The molecule has 33 heavy (non-hydrogen) atoms. The third-order valence-corrected chi connectivity index (χ3v) is 8.83. The largest absolute Gasteiger partial charge is 0.437 e. The molecule has 0 saturated carbocycles. The van der Waals surface area contributed by atoms with Gasteiger partial charge in [0, 0.05) is 5.30 Å². The zero-order chi connectivity index (χ0) is 23.3. The lowest BCUT2D eigenvalue weighted by molar-refractivity contribution is 0.492. The fourth-order valence-corrected chi connectivity index (χ4v) is 6.58. The van der Waals surface area contributed by atoms with Crippen molar-refractivity contribution in [2.45, 2.75) is 18.0 Å². The van der Waals surface area contributed by atoms with Gasteiger partial charge in [-0.3, -0.25) is 9.29 Å². The first-order valence-corrected chi connectivity index (χ1v) is 13.7. The Labute approximate surface area is 194 Å². The predicted molar refractivity (Wildman–Crippen MR) is 133 cm³/mol. The lowest BCUT2D eigenvalue weighted by atomic mass is 10.2. The summed E-state index contributed by atoms with van der Waals surface area (Å²) in [4.78, 5) is 0.137. The summed E-state index contributed by atoms with van der Waals surface area (Å²) in [5.41, 5.74) is 2.05. The topological polar surface area (TPSA) is 72.5 Å². The summed E-state index contributed by atoms with van der Waals surface area (Å²) < 4.78 is 48.8. The molecule has 4 aromatic carbocycles. The van der Waals surface area contributed by atoms with Crippen molar-refractivity contribution >= 4 is 28.4 Å². The van der Waals surface area contributed by atoms with Crippen molar-refractivity contribution in [3.63, 3.8) is 0 Å². The number of sulfonamides is 1. The predicted octanol–water partition coefficient (Wildman–Crippen LogP) is 5.98. The van der Waals surface area contributed by atoms with E-state index >= 15 is 0 Å². The molecule has 4 rings (SSSR count). The van der Waals surface area contributed by atoms with Gasteiger partial charge in [-0.05, 0) is 48.9 Å². The highest BCUT2D eigenvalue weighted by Gasteiger charge is 2.29. The second-order valence-electron chi connectivity index (χ2n) is 7.66. The fourth-order valence-electron chi connectivity index (χ4n) is 3.37. The van der Waals surface area contributed by atoms with E-state index in [1.165, 1.54) is 0 Å². The third kappa shape index (κ3) is 5.54. The highest BCUT2D eigenvalue weighted by Crippen LogP contribution is 2.51. The molecule has 0 heterocycles. The molecule has 0 spiro atoms. The minimum atomic E-state index is -3.85. The lowest BCUT2D eigenvalue weighted by Crippen LogP contribution is -2.15. The van der Waals surface area contributed by atoms with Gasteiger partial charge in [0.15, 0.2) is 5.75 Å². The van der Waals surface area contributed by atoms with Gasteiger partial charge in [-0.15, -0.1) is 0 Å². The van der Waals surface area contributed by atoms with Gasteiger partial charge in [0.25, 0.3) is 17.4 Å². The van der Waals surface area contributed by atoms with E-state index in [1.807, 2.05) is 55.5 Å². The van der Waals surface area contributed by atoms with Crippen molar-refractivity contribution in [3.05, 3.63) is 120 Å². The minimum absolute atomic E-state index is 0.137. The van der Waals surface area contributed by atoms with E-state index in [1.54, 1.807) is 60.7 Å². The van der Waals surface area contributed by atoms with Crippen LogP contribution in [-0.4, -0.2) is 8.42 Å². The smallest absolute Gasteiger partial charge is 0.281 e. The average molecular weight is 478 g/mol. The SMILES string of the molecule is Cc1ccc(S(=O)(=O)Nc2ccccc2OP(=O)(Cc2ccccc2)c2ccccc2)cc1. The molecule has 0 bridgehead atoms. The molecule has 0 aliphatic rings. The second kappa shape index (κ2) is 9.65. The maximum absolute atomic E-state index is 14.2. The number of anilines is 1. The van der Waals surface area contributed by atoms with E-state index in [-0.39, 0.29) is 22.5 Å². The Bertz CT molecular complexity index is 1370. The molecule has 0 aromatic heterocycles. The Morgan fingerprint density at radius 1 is 0.758 bits per heavy atom. The zero-order valence-electron chi connectivity index (χ0n) is 18.1. The molecule has 1 unspecified atom stereocenters. The number of rotatable bonds is 8. The van der Waals surface area contributed by atoms with Crippen LogP contribution in [0.3, 0.4) is 0 Å². The van der Waals surface area contributed by atoms with Crippen LogP contribution < -0.4 is 14.6 Å². The maximum Gasteiger partial charge on any atom is 0.281 e. The van der Waals surface area contributed by atoms with Crippen LogP contribution in [0.15, 0.2) is 114 Å². The number of aryl methyl sites for hydroxylation is 1. The summed E-state index contributed by atoms with van der Waals surface area (Å²) in [5, 5.41) is 0.560. The monoisotopic (exact) mass is 477 g/mol. The van der Waals surface area contributed by atoms with Gasteiger partial charge >= 0.3 is 0 Å². The van der Waals surface area contributed by atoms with Gasteiger partial charge in [0.05, 0.1) is 16.7 Å². The van der Waals surface area contributed by atoms with Crippen LogP contribution in [0.2, 0.25) is 0 Å². The van der Waals surface area contributed by atoms with Gasteiger partial charge < -0.3 is 4.52 Å². The van der Waals surface area contributed by atoms with E-state index in [2.05, 4.69) is 4.72 Å². The van der Waals surface area contributed by atoms with Crippen LogP contribution in [0.25, 0.3) is 0 Å². The van der Waals surface area contributed by atoms with Crippen molar-refractivity contribution < 1.29 is 17.5 Å². The summed E-state index contributed by atoms with van der Waals surface area (Å²) in [6.07, 6.45) is 0.177. The van der Waals surface area contributed by atoms with Crippen molar-refractivity contribution in [2.24, 2.45) is 0 Å². The van der Waals surface area contributed by atoms with Crippen molar-refractivity contribution in [1.29, 1.82) is 0 Å². The van der Waals surface area contributed by atoms with Gasteiger partial charge in [0.1, 0.15) is 0 Å². The van der Waals surface area contributed by atoms with E-state index in [4.69, 9.17) is 4.52 Å². The van der Waals surface area contributed by atoms with Crippen LogP contribution in [-0.2, 0) is 20.8 Å². The first kappa shape index (κ1) is 22.8. The van der Waals surface area contributed by atoms with Crippen molar-refractivity contribution in [1.82, 2.24) is 0 Å². The number of para-hydroxylation sites is 2. The fraction of sp³-hybridized carbons (Fsp3) is 0.0769. The summed E-state index contributed by atoms with van der Waals surface area (Å²) in [6, 6.07) is 31.6. The highest BCUT2D eigenvalue weighted by atomic mass is 32.2. The summed E-state index contributed by atoms with van der Waals surface area (Å²) in [7, 11) is -7.27. The van der Waals surface area contributed by atoms with Crippen LogP contribution in [0.5, 0.6) is 5.75 Å². The van der Waals surface area contributed by atoms with Crippen molar-refractivity contribution in [2.75, 3.05) is 4.72 Å². The lowest BCUT2D eigenvalue weighted by Gasteiger charge is -2.22. The molecule has 7 heteroatoms. The normalized spacial score (nSPS) is 13.1. The van der Waals surface area contributed by atoms with Crippen LogP contribution >= 0.6 is 7.37 Å². The molecule has 0 saturated heterocycles. The molecule has 5 nitrogen and oxygen atoms in total. The maximum atomic E-state index is 14.2. The number of nitrogens with one attached hydrogen (secondary N) is 1. The Morgan fingerprint density at radius 3 is 2.00 bits per heavy atom. The van der Waals surface area contributed by atoms with Crippen molar-refractivity contribution in [3.8, 4) is 5.75 Å². The molecule has 4 aromatic rings. The van der Waals surface area contributed by atoms with Gasteiger partial charge in [-0.1, -0.05) is 78.4 Å². The van der Waals surface area contributed by atoms with E-state index in [0.717, 1.165) is 11.1 Å². The molecule has 0 aliphatic heterocycles. The highest BCUT2D eigenvalue weighted by molar-refractivity contribution is 7.92. The summed E-state index contributed by atoms with van der Waals surface area (Å²) in [5.74, 6) is 0.205. The number of hydrogen-bond donors (Lipinski definition) is 1. The number of hydrogen-bond acceptors (Lipinski definition) is 4. The Morgan fingerprint density at radius 2 is 1.33 bits per heavy atom. The van der Waals surface area contributed by atoms with Gasteiger partial charge in [0.2, 0.25) is 0 Å². The average Bonchev–Trinajstić information content (AvgIpc) is 2.82. The summed E-state index contributed by atoms with van der Waals surface area (Å²) in [6.45, 7) is 1.89. The van der Waals surface area contributed by atoms with Crippen LogP contribution in [0.4, 0.5) is 5.69 Å². The first-order valence-electron chi connectivity index (χ1n) is 10.4. The quantitative estimate of drug-likeness (QED) is 0.317. The Kier molecular flexibility index (Phi) is 6.68. The molecular weight excluding hydrogens is 453 g/mol. The minimum Gasteiger partial charge on any atom is -0.437 e. The van der Waals surface area contributed by atoms with Gasteiger partial charge in [-0.25, -0.2) is 8.42 Å². The molecule has 0 fully saturated rings. The molecule has 0 amide bonds.